The van der Waals surface area contributed by atoms with Crippen LogP contribution >= 0.6 is 0 Å². The van der Waals surface area contributed by atoms with Crippen LogP contribution in [-0.4, -0.2) is 40.9 Å². The van der Waals surface area contributed by atoms with Gasteiger partial charge in [0.25, 0.3) is 0 Å². The number of hydrogen-bond acceptors (Lipinski definition) is 5. The summed E-state index contributed by atoms with van der Waals surface area (Å²) in [5.74, 6) is 2.19. The van der Waals surface area contributed by atoms with Gasteiger partial charge in [0.05, 0.1) is 6.04 Å². The SMILES string of the molecule is CC[C@@H](N)C(=O)N1CCC(C(C)CC(=O)c2cc(C3CC3)on2)CC1. The number of ketones is 1. The van der Waals surface area contributed by atoms with Gasteiger partial charge >= 0.3 is 0 Å². The molecule has 1 saturated heterocycles. The van der Waals surface area contributed by atoms with Crippen molar-refractivity contribution in [3.63, 3.8) is 0 Å². The Morgan fingerprint density at radius 3 is 2.60 bits per heavy atom. The van der Waals surface area contributed by atoms with Crippen molar-refractivity contribution in [3.8, 4) is 0 Å². The maximum Gasteiger partial charge on any atom is 0.239 e. The van der Waals surface area contributed by atoms with E-state index in [1.165, 1.54) is 0 Å². The number of likely N-dealkylation sites (tertiary alicyclic amines) is 1. The zero-order valence-electron chi connectivity index (χ0n) is 15.2. The molecule has 1 aromatic heterocycles. The molecule has 6 nitrogen and oxygen atoms in total. The number of Topliss-reactive ketones (excluding diaryl/α,β-unsaturated/α-hetero) is 1. The first-order valence-corrected chi connectivity index (χ1v) is 9.53. The van der Waals surface area contributed by atoms with Crippen LogP contribution in [0.15, 0.2) is 10.6 Å². The summed E-state index contributed by atoms with van der Waals surface area (Å²) in [6.07, 6.45) is 5.30. The summed E-state index contributed by atoms with van der Waals surface area (Å²) in [6.45, 7) is 5.54. The first-order chi connectivity index (χ1) is 12.0. The van der Waals surface area contributed by atoms with Crippen LogP contribution < -0.4 is 5.73 Å². The van der Waals surface area contributed by atoms with E-state index in [9.17, 15) is 9.59 Å². The van der Waals surface area contributed by atoms with Gasteiger partial charge in [-0.3, -0.25) is 9.59 Å². The van der Waals surface area contributed by atoms with Crippen LogP contribution in [0.2, 0.25) is 0 Å². The highest BCUT2D eigenvalue weighted by molar-refractivity contribution is 5.94. The highest BCUT2D eigenvalue weighted by atomic mass is 16.5. The molecule has 0 spiro atoms. The zero-order chi connectivity index (χ0) is 18.0. The summed E-state index contributed by atoms with van der Waals surface area (Å²) in [5.41, 5.74) is 6.32. The monoisotopic (exact) mass is 347 g/mol. The average molecular weight is 347 g/mol. The molecule has 2 fully saturated rings. The third kappa shape index (κ3) is 4.29. The van der Waals surface area contributed by atoms with Crippen molar-refractivity contribution in [2.75, 3.05) is 13.1 Å². The molecule has 138 valence electrons. The fourth-order valence-corrected chi connectivity index (χ4v) is 3.64. The van der Waals surface area contributed by atoms with Crippen LogP contribution in [0.3, 0.4) is 0 Å². The molecule has 6 heteroatoms. The first kappa shape index (κ1) is 18.1. The molecular weight excluding hydrogens is 318 g/mol. The van der Waals surface area contributed by atoms with Crippen LogP contribution in [0, 0.1) is 11.8 Å². The molecule has 25 heavy (non-hydrogen) atoms. The molecule has 3 rings (SSSR count). The van der Waals surface area contributed by atoms with Gasteiger partial charge in [-0.05, 0) is 43.9 Å². The van der Waals surface area contributed by atoms with Crippen LogP contribution in [-0.2, 0) is 4.79 Å². The number of carbonyl (C=O) groups is 2. The van der Waals surface area contributed by atoms with Crippen molar-refractivity contribution in [1.29, 1.82) is 0 Å². The largest absolute Gasteiger partial charge is 0.360 e. The van der Waals surface area contributed by atoms with E-state index in [2.05, 4.69) is 12.1 Å². The molecule has 0 aromatic carbocycles. The number of amides is 1. The van der Waals surface area contributed by atoms with Gasteiger partial charge in [0.1, 0.15) is 11.5 Å². The Kier molecular flexibility index (Phi) is 5.57. The number of carbonyl (C=O) groups excluding carboxylic acids is 2. The summed E-state index contributed by atoms with van der Waals surface area (Å²) in [5, 5.41) is 3.95. The van der Waals surface area contributed by atoms with Gasteiger partial charge in [-0.25, -0.2) is 0 Å². The minimum absolute atomic E-state index is 0.0554. The second kappa shape index (κ2) is 7.68. The molecule has 0 bridgehead atoms. The van der Waals surface area contributed by atoms with Crippen molar-refractivity contribution >= 4 is 11.7 Å². The first-order valence-electron chi connectivity index (χ1n) is 9.53. The third-order valence-electron chi connectivity index (χ3n) is 5.71. The Morgan fingerprint density at radius 2 is 2.00 bits per heavy atom. The molecule has 2 heterocycles. The molecular formula is C19H29N3O3. The Labute approximate surface area is 149 Å². The fourth-order valence-electron chi connectivity index (χ4n) is 3.64. The predicted octanol–water partition coefficient (Wildman–Crippen LogP) is 2.74. The Bertz CT molecular complexity index is 615. The maximum absolute atomic E-state index is 12.5. The maximum atomic E-state index is 12.5. The minimum atomic E-state index is -0.386. The van der Waals surface area contributed by atoms with Crippen LogP contribution in [0.1, 0.15) is 74.5 Å². The van der Waals surface area contributed by atoms with Gasteiger partial charge in [-0.15, -0.1) is 0 Å². The number of piperidine rings is 1. The number of nitrogens with two attached hydrogens (primary N) is 1. The molecule has 1 aromatic rings. The second-order valence-electron chi connectivity index (χ2n) is 7.67. The van der Waals surface area contributed by atoms with Gasteiger partial charge in [0.2, 0.25) is 5.91 Å². The third-order valence-corrected chi connectivity index (χ3v) is 5.71. The topological polar surface area (TPSA) is 89.4 Å². The lowest BCUT2D eigenvalue weighted by molar-refractivity contribution is -0.134. The summed E-state index contributed by atoms with van der Waals surface area (Å²) in [6, 6.07) is 1.43. The molecule has 1 unspecified atom stereocenters. The molecule has 2 N–H and O–H groups in total. The lowest BCUT2D eigenvalue weighted by Gasteiger charge is -2.35. The number of rotatable bonds is 7. The summed E-state index contributed by atoms with van der Waals surface area (Å²) in [4.78, 5) is 26.5. The summed E-state index contributed by atoms with van der Waals surface area (Å²) in [7, 11) is 0. The van der Waals surface area contributed by atoms with E-state index in [-0.39, 0.29) is 23.7 Å². The second-order valence-corrected chi connectivity index (χ2v) is 7.67. The lowest BCUT2D eigenvalue weighted by Crippen LogP contribution is -2.47. The smallest absolute Gasteiger partial charge is 0.239 e. The molecule has 2 aliphatic rings. The van der Waals surface area contributed by atoms with Crippen LogP contribution in [0.25, 0.3) is 0 Å². The molecule has 0 radical (unpaired) electrons. The standard InChI is InChI=1S/C19H29N3O3/c1-3-15(20)19(24)22-8-6-13(7-9-22)12(2)10-17(23)16-11-18(25-21-16)14-4-5-14/h11-15H,3-10,20H2,1-2H3/t12?,15-/m1/s1. The highest BCUT2D eigenvalue weighted by Crippen LogP contribution is 2.40. The normalized spacial score (nSPS) is 21.2. The van der Waals surface area contributed by atoms with E-state index in [0.717, 1.165) is 44.5 Å². The molecule has 2 atom stereocenters. The van der Waals surface area contributed by atoms with E-state index in [1.807, 2.05) is 17.9 Å². The van der Waals surface area contributed by atoms with Crippen molar-refractivity contribution in [2.45, 2.75) is 64.3 Å². The van der Waals surface area contributed by atoms with Gasteiger partial charge in [-0.1, -0.05) is 19.0 Å². The molecule has 1 saturated carbocycles. The van der Waals surface area contributed by atoms with E-state index in [0.29, 0.717) is 30.4 Å². The number of nitrogens with zero attached hydrogens (tertiary/aromatic N) is 2. The number of aromatic nitrogens is 1. The van der Waals surface area contributed by atoms with E-state index in [1.54, 1.807) is 0 Å². The summed E-state index contributed by atoms with van der Waals surface area (Å²) < 4.78 is 5.28. The molecule has 1 aliphatic heterocycles. The Morgan fingerprint density at radius 1 is 1.32 bits per heavy atom. The van der Waals surface area contributed by atoms with E-state index in [4.69, 9.17) is 10.3 Å². The zero-order valence-corrected chi connectivity index (χ0v) is 15.2. The summed E-state index contributed by atoms with van der Waals surface area (Å²) >= 11 is 0. The predicted molar refractivity (Wildman–Crippen MR) is 94.2 cm³/mol. The van der Waals surface area contributed by atoms with Crippen molar-refractivity contribution in [2.24, 2.45) is 17.6 Å². The van der Waals surface area contributed by atoms with Gasteiger partial charge < -0.3 is 15.2 Å². The van der Waals surface area contributed by atoms with Crippen LogP contribution in [0.4, 0.5) is 0 Å². The minimum Gasteiger partial charge on any atom is -0.360 e. The Balaban J connectivity index is 1.47. The van der Waals surface area contributed by atoms with Gasteiger partial charge in [-0.2, -0.15) is 0 Å². The fraction of sp³-hybridized carbons (Fsp3) is 0.737. The Hall–Kier alpha value is -1.69. The van der Waals surface area contributed by atoms with Gasteiger partial charge in [0, 0.05) is 31.5 Å². The quantitative estimate of drug-likeness (QED) is 0.766. The van der Waals surface area contributed by atoms with Crippen molar-refractivity contribution in [1.82, 2.24) is 10.1 Å². The van der Waals surface area contributed by atoms with Crippen molar-refractivity contribution in [3.05, 3.63) is 17.5 Å². The van der Waals surface area contributed by atoms with E-state index < -0.39 is 0 Å². The van der Waals surface area contributed by atoms with E-state index >= 15 is 0 Å². The molecule has 1 amide bonds. The highest BCUT2D eigenvalue weighted by Gasteiger charge is 2.31. The van der Waals surface area contributed by atoms with Crippen molar-refractivity contribution < 1.29 is 14.1 Å². The average Bonchev–Trinajstić information content (AvgIpc) is 3.37. The van der Waals surface area contributed by atoms with Gasteiger partial charge in [0.15, 0.2) is 5.78 Å². The van der Waals surface area contributed by atoms with Crippen LogP contribution in [0.5, 0.6) is 0 Å². The lowest BCUT2D eigenvalue weighted by atomic mass is 9.82. The molecule has 1 aliphatic carbocycles. The number of hydrogen-bond donors (Lipinski definition) is 1.